The number of carbonyl (C=O) groups excluding carboxylic acids is 3. The fraction of sp³-hybridized carbons (Fsp3) is 0.667. The third kappa shape index (κ3) is 7.81. The maximum Gasteiger partial charge on any atom is 0.325 e. The lowest BCUT2D eigenvalue weighted by molar-refractivity contribution is -0.141. The highest BCUT2D eigenvalue weighted by molar-refractivity contribution is 7.80. The van der Waals surface area contributed by atoms with Crippen LogP contribution < -0.4 is 21.7 Å². The SMILES string of the molecule is CC(NC(=O)CNC(=O)C(NC(=O)C(N)CS)C(C)O)C(=O)O. The van der Waals surface area contributed by atoms with Crippen LogP contribution in [0, 0.1) is 0 Å². The molecule has 10 nitrogen and oxygen atoms in total. The molecule has 0 fully saturated rings. The van der Waals surface area contributed by atoms with Gasteiger partial charge in [-0.15, -0.1) is 0 Å². The fourth-order valence-electron chi connectivity index (χ4n) is 1.38. The third-order valence-corrected chi connectivity index (χ3v) is 3.16. The molecule has 4 atom stereocenters. The molecule has 0 aromatic carbocycles. The molecule has 0 heterocycles. The molecule has 0 aliphatic rings. The van der Waals surface area contributed by atoms with Crippen LogP contribution in [-0.2, 0) is 19.2 Å². The van der Waals surface area contributed by atoms with Gasteiger partial charge < -0.3 is 31.9 Å². The van der Waals surface area contributed by atoms with Crippen molar-refractivity contribution in [3.63, 3.8) is 0 Å². The average Bonchev–Trinajstić information content (AvgIpc) is 2.48. The molecule has 0 saturated heterocycles. The number of aliphatic hydroxyl groups excluding tert-OH is 1. The Morgan fingerprint density at radius 3 is 2.13 bits per heavy atom. The Balaban J connectivity index is 4.55. The van der Waals surface area contributed by atoms with Crippen molar-refractivity contribution in [3.05, 3.63) is 0 Å². The molecule has 0 radical (unpaired) electrons. The number of aliphatic carboxylic acids is 1. The first kappa shape index (κ1) is 21.1. The standard InChI is InChI=1S/C12H22N4O6S/c1-5(12(21)22)15-8(18)3-14-11(20)9(6(2)17)16-10(19)7(13)4-23/h5-7,9,17,23H,3-4,13H2,1-2H3,(H,14,20)(H,15,18)(H,16,19)(H,21,22). The van der Waals surface area contributed by atoms with Crippen LogP contribution >= 0.6 is 12.6 Å². The second-order valence-electron chi connectivity index (χ2n) is 4.86. The van der Waals surface area contributed by atoms with Crippen molar-refractivity contribution in [2.75, 3.05) is 12.3 Å². The Labute approximate surface area is 138 Å². The number of thiol groups is 1. The second kappa shape index (κ2) is 10.0. The summed E-state index contributed by atoms with van der Waals surface area (Å²) in [4.78, 5) is 45.6. The van der Waals surface area contributed by atoms with Gasteiger partial charge in [-0.05, 0) is 13.8 Å². The average molecular weight is 350 g/mol. The van der Waals surface area contributed by atoms with Gasteiger partial charge in [-0.2, -0.15) is 12.6 Å². The van der Waals surface area contributed by atoms with Crippen LogP contribution in [0.25, 0.3) is 0 Å². The van der Waals surface area contributed by atoms with E-state index in [0.717, 1.165) is 0 Å². The highest BCUT2D eigenvalue weighted by Crippen LogP contribution is 1.95. The summed E-state index contributed by atoms with van der Waals surface area (Å²) in [5.74, 6) is -3.38. The number of nitrogens with one attached hydrogen (secondary N) is 3. The van der Waals surface area contributed by atoms with E-state index in [1.807, 2.05) is 0 Å². The van der Waals surface area contributed by atoms with Crippen molar-refractivity contribution in [1.29, 1.82) is 0 Å². The summed E-state index contributed by atoms with van der Waals surface area (Å²) >= 11 is 3.85. The summed E-state index contributed by atoms with van der Waals surface area (Å²) in [6.07, 6.45) is -1.23. The number of carbonyl (C=O) groups is 4. The maximum absolute atomic E-state index is 11.9. The number of aliphatic hydroxyl groups is 1. The zero-order chi connectivity index (χ0) is 18.2. The van der Waals surface area contributed by atoms with Gasteiger partial charge in [-0.1, -0.05) is 0 Å². The summed E-state index contributed by atoms with van der Waals surface area (Å²) in [5.41, 5.74) is 5.45. The lowest BCUT2D eigenvalue weighted by Crippen LogP contribution is -2.57. The molecule has 0 saturated carbocycles. The van der Waals surface area contributed by atoms with Gasteiger partial charge in [0.2, 0.25) is 17.7 Å². The van der Waals surface area contributed by atoms with Crippen LogP contribution in [0.1, 0.15) is 13.8 Å². The van der Waals surface area contributed by atoms with E-state index in [4.69, 9.17) is 10.8 Å². The molecule has 0 aliphatic heterocycles. The monoisotopic (exact) mass is 350 g/mol. The summed E-state index contributed by atoms with van der Waals surface area (Å²) in [6, 6.07) is -3.37. The summed E-state index contributed by atoms with van der Waals surface area (Å²) in [6.45, 7) is 2.04. The Hall–Kier alpha value is -1.85. The van der Waals surface area contributed by atoms with Gasteiger partial charge in [0.05, 0.1) is 18.7 Å². The van der Waals surface area contributed by atoms with Crippen LogP contribution in [0.15, 0.2) is 0 Å². The number of nitrogens with two attached hydrogens (primary N) is 1. The number of carboxylic acids is 1. The molecule has 11 heteroatoms. The van der Waals surface area contributed by atoms with Crippen LogP contribution in [0.4, 0.5) is 0 Å². The highest BCUT2D eigenvalue weighted by Gasteiger charge is 2.27. The predicted octanol–water partition coefficient (Wildman–Crippen LogP) is -3.19. The summed E-state index contributed by atoms with van der Waals surface area (Å²) in [5, 5.41) is 24.8. The Morgan fingerprint density at radius 1 is 1.13 bits per heavy atom. The van der Waals surface area contributed by atoms with E-state index in [0.29, 0.717) is 0 Å². The minimum atomic E-state index is -1.31. The molecule has 7 N–H and O–H groups in total. The first-order valence-corrected chi connectivity index (χ1v) is 7.38. The Kier molecular flexibility index (Phi) is 9.22. The third-order valence-electron chi connectivity index (χ3n) is 2.77. The van der Waals surface area contributed by atoms with Crippen LogP contribution in [0.5, 0.6) is 0 Å². The van der Waals surface area contributed by atoms with E-state index < -0.39 is 54.5 Å². The van der Waals surface area contributed by atoms with E-state index >= 15 is 0 Å². The molecule has 0 aromatic heterocycles. The van der Waals surface area contributed by atoms with Crippen molar-refractivity contribution in [3.8, 4) is 0 Å². The van der Waals surface area contributed by atoms with E-state index in [9.17, 15) is 24.3 Å². The van der Waals surface area contributed by atoms with E-state index in [1.54, 1.807) is 0 Å². The Morgan fingerprint density at radius 2 is 1.70 bits per heavy atom. The topological polar surface area (TPSA) is 171 Å². The maximum atomic E-state index is 11.9. The van der Waals surface area contributed by atoms with Crippen molar-refractivity contribution >= 4 is 36.3 Å². The zero-order valence-corrected chi connectivity index (χ0v) is 13.7. The van der Waals surface area contributed by atoms with Gasteiger partial charge in [0, 0.05) is 5.75 Å². The smallest absolute Gasteiger partial charge is 0.325 e. The molecule has 0 aliphatic carbocycles. The molecule has 0 rings (SSSR count). The predicted molar refractivity (Wildman–Crippen MR) is 83.7 cm³/mol. The highest BCUT2D eigenvalue weighted by atomic mass is 32.1. The molecule has 0 aromatic rings. The second-order valence-corrected chi connectivity index (χ2v) is 5.23. The lowest BCUT2D eigenvalue weighted by Gasteiger charge is -2.22. The van der Waals surface area contributed by atoms with Gasteiger partial charge in [0.25, 0.3) is 0 Å². The van der Waals surface area contributed by atoms with Crippen molar-refractivity contribution in [2.45, 2.75) is 38.1 Å². The van der Waals surface area contributed by atoms with E-state index in [-0.39, 0.29) is 5.75 Å². The van der Waals surface area contributed by atoms with Gasteiger partial charge >= 0.3 is 5.97 Å². The molecule has 23 heavy (non-hydrogen) atoms. The number of hydrogen-bond donors (Lipinski definition) is 7. The molecule has 4 unspecified atom stereocenters. The summed E-state index contributed by atoms with van der Waals surface area (Å²) < 4.78 is 0. The first-order chi connectivity index (χ1) is 10.6. The van der Waals surface area contributed by atoms with Crippen molar-refractivity contribution in [1.82, 2.24) is 16.0 Å². The van der Waals surface area contributed by atoms with Crippen LogP contribution in [0.3, 0.4) is 0 Å². The minimum Gasteiger partial charge on any atom is -0.480 e. The van der Waals surface area contributed by atoms with Gasteiger partial charge in [0.15, 0.2) is 0 Å². The fourth-order valence-corrected chi connectivity index (χ4v) is 1.55. The zero-order valence-electron chi connectivity index (χ0n) is 12.8. The molecule has 0 bridgehead atoms. The van der Waals surface area contributed by atoms with E-state index in [1.165, 1.54) is 13.8 Å². The van der Waals surface area contributed by atoms with Gasteiger partial charge in [-0.25, -0.2) is 0 Å². The van der Waals surface area contributed by atoms with Crippen molar-refractivity contribution < 1.29 is 29.4 Å². The molecular formula is C12H22N4O6S. The van der Waals surface area contributed by atoms with E-state index in [2.05, 4.69) is 28.6 Å². The number of hydrogen-bond acceptors (Lipinski definition) is 7. The normalized spacial score (nSPS) is 15.7. The van der Waals surface area contributed by atoms with Gasteiger partial charge in [-0.3, -0.25) is 19.2 Å². The van der Waals surface area contributed by atoms with Crippen molar-refractivity contribution in [2.24, 2.45) is 5.73 Å². The molecule has 132 valence electrons. The van der Waals surface area contributed by atoms with Gasteiger partial charge in [0.1, 0.15) is 12.1 Å². The summed E-state index contributed by atoms with van der Waals surface area (Å²) in [7, 11) is 0. The Bertz CT molecular complexity index is 459. The number of carboxylic acid groups (broad SMARTS) is 1. The first-order valence-electron chi connectivity index (χ1n) is 6.74. The number of amides is 3. The van der Waals surface area contributed by atoms with Crippen LogP contribution in [-0.4, -0.2) is 70.4 Å². The van der Waals surface area contributed by atoms with Crippen LogP contribution in [0.2, 0.25) is 0 Å². The molecule has 3 amide bonds. The number of rotatable bonds is 9. The molecular weight excluding hydrogens is 328 g/mol. The largest absolute Gasteiger partial charge is 0.480 e. The lowest BCUT2D eigenvalue weighted by atomic mass is 10.1. The minimum absolute atomic E-state index is 0.0511. The quantitative estimate of drug-likeness (QED) is 0.215. The molecule has 0 spiro atoms.